The van der Waals surface area contributed by atoms with Gasteiger partial charge in [0.15, 0.2) is 5.78 Å². The molecule has 2 aliphatic heterocycles. The maximum absolute atomic E-state index is 14.0. The van der Waals surface area contributed by atoms with E-state index in [1.54, 1.807) is 12.5 Å². The molecule has 6 unspecified atom stereocenters. The molecule has 6 atom stereocenters. The zero-order valence-electron chi connectivity index (χ0n) is 17.9. The molecule has 160 valence electrons. The van der Waals surface area contributed by atoms with Gasteiger partial charge in [-0.2, -0.15) is 0 Å². The summed E-state index contributed by atoms with van der Waals surface area (Å²) in [6.45, 7) is 7.75. The first kappa shape index (κ1) is 19.7. The van der Waals surface area contributed by atoms with Crippen molar-refractivity contribution in [2.24, 2.45) is 22.7 Å². The van der Waals surface area contributed by atoms with Crippen LogP contribution in [0.25, 0.3) is 0 Å². The Kier molecular flexibility index (Phi) is 3.90. The Morgan fingerprint density at radius 2 is 1.83 bits per heavy atom. The molecule has 1 spiro atoms. The molecule has 4 aliphatic rings. The van der Waals surface area contributed by atoms with Crippen molar-refractivity contribution in [1.29, 1.82) is 0 Å². The van der Waals surface area contributed by atoms with Crippen molar-refractivity contribution in [3.05, 3.63) is 36.3 Å². The van der Waals surface area contributed by atoms with Crippen LogP contribution in [0, 0.1) is 22.7 Å². The third kappa shape index (κ3) is 2.37. The Labute approximate surface area is 176 Å². The van der Waals surface area contributed by atoms with Crippen LogP contribution in [-0.4, -0.2) is 28.7 Å². The molecule has 0 radical (unpaired) electrons. The van der Waals surface area contributed by atoms with Gasteiger partial charge in [-0.05, 0) is 45.1 Å². The van der Waals surface area contributed by atoms with Crippen LogP contribution in [0.4, 0.5) is 0 Å². The number of fused-ring (bicyclic) bond motifs is 3. The number of furan rings is 1. The van der Waals surface area contributed by atoms with Gasteiger partial charge in [-0.3, -0.25) is 9.59 Å². The van der Waals surface area contributed by atoms with Crippen molar-refractivity contribution >= 4 is 17.5 Å². The third-order valence-electron chi connectivity index (χ3n) is 8.35. The van der Waals surface area contributed by atoms with Gasteiger partial charge in [-0.15, -0.1) is 0 Å². The largest absolute Gasteiger partial charge is 0.472 e. The highest BCUT2D eigenvalue weighted by molar-refractivity contribution is 6.00. The molecule has 0 amide bonds. The average molecular weight is 412 g/mol. The molecule has 0 N–H and O–H groups in total. The molecule has 5 rings (SSSR count). The second-order valence-electron chi connectivity index (χ2n) is 10.5. The summed E-state index contributed by atoms with van der Waals surface area (Å²) in [7, 11) is 0. The van der Waals surface area contributed by atoms with Crippen molar-refractivity contribution in [2.45, 2.75) is 70.7 Å². The zero-order valence-corrected chi connectivity index (χ0v) is 17.9. The number of ketones is 2. The summed E-state index contributed by atoms with van der Waals surface area (Å²) < 4.78 is 17.6. The fourth-order valence-electron chi connectivity index (χ4n) is 6.97. The number of hydrogen-bond donors (Lipinski definition) is 0. The Bertz CT molecular complexity index is 958. The van der Waals surface area contributed by atoms with Crippen LogP contribution < -0.4 is 0 Å². The van der Waals surface area contributed by atoms with Gasteiger partial charge in [0.1, 0.15) is 17.0 Å². The normalized spacial score (nSPS) is 44.7. The van der Waals surface area contributed by atoms with Crippen LogP contribution in [-0.2, 0) is 23.9 Å². The van der Waals surface area contributed by atoms with Crippen LogP contribution in [0.2, 0.25) is 0 Å². The van der Waals surface area contributed by atoms with Gasteiger partial charge in [-0.25, -0.2) is 4.79 Å². The lowest BCUT2D eigenvalue weighted by atomic mass is 9.52. The molecule has 6 heteroatoms. The van der Waals surface area contributed by atoms with E-state index in [0.717, 1.165) is 12.0 Å². The van der Waals surface area contributed by atoms with Crippen molar-refractivity contribution < 1.29 is 28.3 Å². The lowest BCUT2D eigenvalue weighted by molar-refractivity contribution is -0.168. The first-order valence-electron chi connectivity index (χ1n) is 10.7. The standard InChI is InChI=1S/C24H28O6/c1-21(2)17-11-15(25)12-24-16(22(17,3)9-6-18(26)29-21)5-8-23(4,20(24)27)19(30-24)14-7-10-28-13-14/h6-7,9-10,13,16-17,19H,5,8,11-12H2,1-4H3. The Morgan fingerprint density at radius 1 is 1.07 bits per heavy atom. The predicted molar refractivity (Wildman–Crippen MR) is 106 cm³/mol. The highest BCUT2D eigenvalue weighted by Crippen LogP contribution is 2.67. The number of carbonyl (C=O) groups excluding carboxylic acids is 3. The minimum Gasteiger partial charge on any atom is -0.472 e. The molecule has 2 aliphatic carbocycles. The maximum atomic E-state index is 14.0. The van der Waals surface area contributed by atoms with Gasteiger partial charge < -0.3 is 13.9 Å². The number of Topliss-reactive ketones (excluding diaryl/α,β-unsaturated/α-hetero) is 2. The quantitative estimate of drug-likeness (QED) is 0.650. The summed E-state index contributed by atoms with van der Waals surface area (Å²) in [5.74, 6) is -0.873. The van der Waals surface area contributed by atoms with Gasteiger partial charge in [0, 0.05) is 36.3 Å². The van der Waals surface area contributed by atoms with Gasteiger partial charge >= 0.3 is 5.97 Å². The van der Waals surface area contributed by atoms with E-state index >= 15 is 0 Å². The number of allylic oxidation sites excluding steroid dienone is 1. The topological polar surface area (TPSA) is 82.8 Å². The van der Waals surface area contributed by atoms with Crippen molar-refractivity contribution in [2.75, 3.05) is 0 Å². The molecule has 3 heterocycles. The zero-order chi connectivity index (χ0) is 21.5. The highest BCUT2D eigenvalue weighted by Gasteiger charge is 2.72. The summed E-state index contributed by atoms with van der Waals surface area (Å²) in [5.41, 5.74) is -2.49. The fraction of sp³-hybridized carbons (Fsp3) is 0.625. The minimum atomic E-state index is -1.19. The molecule has 0 aromatic carbocycles. The van der Waals surface area contributed by atoms with E-state index in [1.165, 1.54) is 6.08 Å². The van der Waals surface area contributed by atoms with E-state index in [4.69, 9.17) is 13.9 Å². The second-order valence-corrected chi connectivity index (χ2v) is 10.5. The molecule has 2 saturated carbocycles. The molecule has 1 aromatic heterocycles. The van der Waals surface area contributed by atoms with E-state index in [9.17, 15) is 14.4 Å². The molecular weight excluding hydrogens is 384 g/mol. The van der Waals surface area contributed by atoms with E-state index in [0.29, 0.717) is 6.42 Å². The summed E-state index contributed by atoms with van der Waals surface area (Å²) in [4.78, 5) is 39.5. The average Bonchev–Trinajstić information content (AvgIpc) is 3.17. The number of hydrogen-bond acceptors (Lipinski definition) is 6. The van der Waals surface area contributed by atoms with Crippen LogP contribution in [0.5, 0.6) is 0 Å². The third-order valence-corrected chi connectivity index (χ3v) is 8.35. The minimum absolute atomic E-state index is 0.00960. The molecule has 1 saturated heterocycles. The summed E-state index contributed by atoms with van der Waals surface area (Å²) in [5, 5.41) is 0. The van der Waals surface area contributed by atoms with Gasteiger partial charge in [0.25, 0.3) is 0 Å². The van der Waals surface area contributed by atoms with E-state index in [1.807, 2.05) is 32.9 Å². The first-order valence-corrected chi connectivity index (χ1v) is 10.7. The van der Waals surface area contributed by atoms with Crippen LogP contribution in [0.1, 0.15) is 65.0 Å². The Morgan fingerprint density at radius 3 is 2.53 bits per heavy atom. The van der Waals surface area contributed by atoms with Crippen LogP contribution in [0.3, 0.4) is 0 Å². The lowest BCUT2D eigenvalue weighted by Crippen LogP contribution is -2.57. The van der Waals surface area contributed by atoms with Crippen molar-refractivity contribution in [3.8, 4) is 0 Å². The molecule has 3 fully saturated rings. The number of rotatable bonds is 1. The van der Waals surface area contributed by atoms with E-state index in [-0.39, 0.29) is 36.2 Å². The lowest BCUT2D eigenvalue weighted by Gasteiger charge is -2.51. The summed E-state index contributed by atoms with van der Waals surface area (Å²) >= 11 is 0. The smallest absolute Gasteiger partial charge is 0.330 e. The van der Waals surface area contributed by atoms with Crippen LogP contribution >= 0.6 is 0 Å². The van der Waals surface area contributed by atoms with Crippen LogP contribution in [0.15, 0.2) is 35.2 Å². The number of ether oxygens (including phenoxy) is 2. The van der Waals surface area contributed by atoms with Crippen molar-refractivity contribution in [1.82, 2.24) is 0 Å². The van der Waals surface area contributed by atoms with Gasteiger partial charge in [-0.1, -0.05) is 13.0 Å². The fourth-order valence-corrected chi connectivity index (χ4v) is 6.97. The highest BCUT2D eigenvalue weighted by atomic mass is 16.6. The predicted octanol–water partition coefficient (Wildman–Crippen LogP) is 3.95. The van der Waals surface area contributed by atoms with E-state index < -0.39 is 34.1 Å². The molecule has 1 aromatic rings. The molecule has 2 bridgehead atoms. The Hall–Kier alpha value is -2.21. The Balaban J connectivity index is 1.69. The second kappa shape index (κ2) is 5.94. The monoisotopic (exact) mass is 412 g/mol. The number of carbonyl (C=O) groups is 3. The number of esters is 1. The molecular formula is C24H28O6. The molecule has 30 heavy (non-hydrogen) atoms. The first-order chi connectivity index (χ1) is 14.0. The van der Waals surface area contributed by atoms with Gasteiger partial charge in [0.05, 0.1) is 24.0 Å². The van der Waals surface area contributed by atoms with Crippen molar-refractivity contribution in [3.63, 3.8) is 0 Å². The summed E-state index contributed by atoms with van der Waals surface area (Å²) in [6.07, 6.45) is 7.84. The maximum Gasteiger partial charge on any atom is 0.330 e. The number of cyclic esters (lactones) is 1. The summed E-state index contributed by atoms with van der Waals surface area (Å²) in [6, 6.07) is 1.83. The van der Waals surface area contributed by atoms with E-state index in [2.05, 4.69) is 6.92 Å². The molecule has 6 nitrogen and oxygen atoms in total. The SMILES string of the molecule is CC1(C)OC(=O)C=CC2(C)C1CC(=O)CC13OC(c4ccoc4)C(C)(CCC12)C3=O. The van der Waals surface area contributed by atoms with Gasteiger partial charge in [0.2, 0.25) is 0 Å².